The molecule has 0 aliphatic carbocycles. The van der Waals surface area contributed by atoms with Gasteiger partial charge >= 0.3 is 0 Å². The van der Waals surface area contributed by atoms with Crippen LogP contribution in [0.25, 0.3) is 11.2 Å². The van der Waals surface area contributed by atoms with Crippen LogP contribution in [0.1, 0.15) is 30.5 Å². The number of aromatic amines is 1. The van der Waals surface area contributed by atoms with Crippen molar-refractivity contribution in [1.82, 2.24) is 15.0 Å². The predicted molar refractivity (Wildman–Crippen MR) is 56.6 cm³/mol. The first kappa shape index (κ1) is 8.85. The van der Waals surface area contributed by atoms with E-state index in [4.69, 9.17) is 4.74 Å². The fourth-order valence-corrected chi connectivity index (χ4v) is 1.95. The first-order valence-corrected chi connectivity index (χ1v) is 5.28. The summed E-state index contributed by atoms with van der Waals surface area (Å²) in [4.78, 5) is 12.1. The van der Waals surface area contributed by atoms with Crippen molar-refractivity contribution in [3.63, 3.8) is 0 Å². The molecule has 1 N–H and O–H groups in total. The fraction of sp³-hybridized carbons (Fsp3) is 0.455. The number of nitrogens with zero attached hydrogens (tertiary/aromatic N) is 2. The molecule has 2 aromatic heterocycles. The summed E-state index contributed by atoms with van der Waals surface area (Å²) in [7, 11) is 0. The van der Waals surface area contributed by atoms with Crippen LogP contribution in [0.3, 0.4) is 0 Å². The van der Waals surface area contributed by atoms with Crippen LogP contribution in [-0.2, 0) is 4.74 Å². The van der Waals surface area contributed by atoms with Crippen LogP contribution in [0.2, 0.25) is 0 Å². The highest BCUT2D eigenvalue weighted by Crippen LogP contribution is 2.27. The number of aryl methyl sites for hydroxylation is 1. The molecule has 0 saturated carbocycles. The first-order valence-electron chi connectivity index (χ1n) is 5.28. The molecule has 78 valence electrons. The Labute approximate surface area is 87.7 Å². The molecule has 1 atom stereocenters. The van der Waals surface area contributed by atoms with Crippen LogP contribution in [-0.4, -0.2) is 21.6 Å². The van der Waals surface area contributed by atoms with Crippen LogP contribution in [0.5, 0.6) is 0 Å². The van der Waals surface area contributed by atoms with Gasteiger partial charge in [0.15, 0.2) is 5.65 Å². The molecule has 3 rings (SSSR count). The van der Waals surface area contributed by atoms with Gasteiger partial charge in [0, 0.05) is 12.3 Å². The van der Waals surface area contributed by atoms with E-state index in [-0.39, 0.29) is 6.10 Å². The molecule has 2 aromatic rings. The Kier molecular flexibility index (Phi) is 1.95. The molecule has 0 aromatic carbocycles. The third-order valence-corrected chi connectivity index (χ3v) is 2.74. The van der Waals surface area contributed by atoms with E-state index in [0.717, 1.165) is 42.1 Å². The minimum Gasteiger partial charge on any atom is -0.370 e. The lowest BCUT2D eigenvalue weighted by atomic mass is 10.2. The smallest absolute Gasteiger partial charge is 0.178 e. The maximum Gasteiger partial charge on any atom is 0.178 e. The average molecular weight is 203 g/mol. The normalized spacial score (nSPS) is 21.3. The zero-order chi connectivity index (χ0) is 10.3. The van der Waals surface area contributed by atoms with Crippen molar-refractivity contribution in [3.8, 4) is 0 Å². The predicted octanol–water partition coefficient (Wildman–Crippen LogP) is 2.12. The topological polar surface area (TPSA) is 50.8 Å². The Morgan fingerprint density at radius 1 is 1.40 bits per heavy atom. The monoisotopic (exact) mass is 203 g/mol. The quantitative estimate of drug-likeness (QED) is 0.772. The lowest BCUT2D eigenvalue weighted by molar-refractivity contribution is 0.106. The summed E-state index contributed by atoms with van der Waals surface area (Å²) in [6, 6.07) is 4.00. The van der Waals surface area contributed by atoms with Gasteiger partial charge in [0.1, 0.15) is 11.9 Å². The van der Waals surface area contributed by atoms with Crippen molar-refractivity contribution in [1.29, 1.82) is 0 Å². The van der Waals surface area contributed by atoms with Gasteiger partial charge in [-0.1, -0.05) is 0 Å². The van der Waals surface area contributed by atoms with E-state index in [0.29, 0.717) is 0 Å². The number of aromatic nitrogens is 3. The van der Waals surface area contributed by atoms with Crippen molar-refractivity contribution in [2.45, 2.75) is 25.9 Å². The molecule has 1 aliphatic heterocycles. The van der Waals surface area contributed by atoms with Crippen LogP contribution >= 0.6 is 0 Å². The SMILES string of the molecule is Cc1ccc2[nH]c(C3CCCO3)nc2n1. The van der Waals surface area contributed by atoms with Crippen LogP contribution < -0.4 is 0 Å². The number of fused-ring (bicyclic) bond motifs is 1. The molecule has 15 heavy (non-hydrogen) atoms. The van der Waals surface area contributed by atoms with Crippen molar-refractivity contribution < 1.29 is 4.74 Å². The lowest BCUT2D eigenvalue weighted by Gasteiger charge is -2.03. The van der Waals surface area contributed by atoms with E-state index < -0.39 is 0 Å². The second-order valence-electron chi connectivity index (χ2n) is 3.95. The molecule has 4 heteroatoms. The zero-order valence-corrected chi connectivity index (χ0v) is 8.66. The fourth-order valence-electron chi connectivity index (χ4n) is 1.95. The van der Waals surface area contributed by atoms with Gasteiger partial charge in [0.05, 0.1) is 5.52 Å². The minimum atomic E-state index is 0.138. The molecular weight excluding hydrogens is 190 g/mol. The molecule has 3 heterocycles. The average Bonchev–Trinajstić information content (AvgIpc) is 2.84. The Hall–Kier alpha value is -1.42. The van der Waals surface area contributed by atoms with Crippen LogP contribution in [0, 0.1) is 6.92 Å². The second-order valence-corrected chi connectivity index (χ2v) is 3.95. The number of imidazole rings is 1. The van der Waals surface area contributed by atoms with Gasteiger partial charge in [-0.25, -0.2) is 9.97 Å². The first-order chi connectivity index (χ1) is 7.33. The third kappa shape index (κ3) is 1.51. The van der Waals surface area contributed by atoms with Crippen molar-refractivity contribution in [2.24, 2.45) is 0 Å². The molecule has 1 fully saturated rings. The lowest BCUT2D eigenvalue weighted by Crippen LogP contribution is -1.97. The Morgan fingerprint density at radius 3 is 3.13 bits per heavy atom. The number of rotatable bonds is 1. The highest BCUT2D eigenvalue weighted by atomic mass is 16.5. The van der Waals surface area contributed by atoms with Crippen LogP contribution in [0.15, 0.2) is 12.1 Å². The van der Waals surface area contributed by atoms with Gasteiger partial charge in [0.2, 0.25) is 0 Å². The molecular formula is C11H13N3O. The zero-order valence-electron chi connectivity index (χ0n) is 8.66. The maximum atomic E-state index is 5.58. The minimum absolute atomic E-state index is 0.138. The third-order valence-electron chi connectivity index (χ3n) is 2.74. The molecule has 4 nitrogen and oxygen atoms in total. The van der Waals surface area contributed by atoms with Gasteiger partial charge in [-0.3, -0.25) is 0 Å². The van der Waals surface area contributed by atoms with Crippen molar-refractivity contribution >= 4 is 11.2 Å². The number of pyridine rings is 1. The number of hydrogen-bond acceptors (Lipinski definition) is 3. The van der Waals surface area contributed by atoms with E-state index in [9.17, 15) is 0 Å². The number of hydrogen-bond donors (Lipinski definition) is 1. The van der Waals surface area contributed by atoms with E-state index in [2.05, 4.69) is 15.0 Å². The summed E-state index contributed by atoms with van der Waals surface area (Å²) in [5, 5.41) is 0. The van der Waals surface area contributed by atoms with Crippen LogP contribution in [0.4, 0.5) is 0 Å². The summed E-state index contributed by atoms with van der Waals surface area (Å²) >= 11 is 0. The highest BCUT2D eigenvalue weighted by Gasteiger charge is 2.21. The van der Waals surface area contributed by atoms with Gasteiger partial charge in [-0.2, -0.15) is 0 Å². The number of ether oxygens (including phenoxy) is 1. The highest BCUT2D eigenvalue weighted by molar-refractivity contribution is 5.70. The number of H-pyrrole nitrogens is 1. The molecule has 0 radical (unpaired) electrons. The molecule has 0 spiro atoms. The maximum absolute atomic E-state index is 5.58. The molecule has 0 bridgehead atoms. The summed E-state index contributed by atoms with van der Waals surface area (Å²) < 4.78 is 5.58. The van der Waals surface area contributed by atoms with Gasteiger partial charge in [0.25, 0.3) is 0 Å². The van der Waals surface area contributed by atoms with E-state index in [1.807, 2.05) is 19.1 Å². The van der Waals surface area contributed by atoms with Gasteiger partial charge in [-0.15, -0.1) is 0 Å². The Balaban J connectivity index is 2.05. The number of nitrogens with one attached hydrogen (secondary N) is 1. The van der Waals surface area contributed by atoms with E-state index in [1.54, 1.807) is 0 Å². The summed E-state index contributed by atoms with van der Waals surface area (Å²) in [5.41, 5.74) is 2.78. The Bertz CT molecular complexity index is 486. The molecule has 1 saturated heterocycles. The molecule has 0 amide bonds. The summed E-state index contributed by atoms with van der Waals surface area (Å²) in [6.07, 6.45) is 2.31. The second kappa shape index (κ2) is 3.31. The standard InChI is InChI=1S/C11H13N3O/c1-7-4-5-8-10(12-7)14-11(13-8)9-3-2-6-15-9/h4-5,9H,2-3,6H2,1H3,(H,12,13,14). The molecule has 1 aliphatic rings. The van der Waals surface area contributed by atoms with E-state index >= 15 is 0 Å². The van der Waals surface area contributed by atoms with E-state index in [1.165, 1.54) is 0 Å². The summed E-state index contributed by atoms with van der Waals surface area (Å²) in [5.74, 6) is 0.917. The van der Waals surface area contributed by atoms with Crippen molar-refractivity contribution in [3.05, 3.63) is 23.7 Å². The van der Waals surface area contributed by atoms with Gasteiger partial charge < -0.3 is 9.72 Å². The van der Waals surface area contributed by atoms with Gasteiger partial charge in [-0.05, 0) is 31.9 Å². The Morgan fingerprint density at radius 2 is 2.33 bits per heavy atom. The summed E-state index contributed by atoms with van der Waals surface area (Å²) in [6.45, 7) is 2.81. The van der Waals surface area contributed by atoms with Crippen molar-refractivity contribution in [2.75, 3.05) is 6.61 Å². The molecule has 1 unspecified atom stereocenters. The largest absolute Gasteiger partial charge is 0.370 e.